The maximum Gasteiger partial charge on any atom is 0.261 e. The molecule has 62 valence electrons. The van der Waals surface area contributed by atoms with Crippen LogP contribution in [0.3, 0.4) is 0 Å². The van der Waals surface area contributed by atoms with E-state index < -0.39 is 0 Å². The fourth-order valence-corrected chi connectivity index (χ4v) is 0.847. The molecule has 2 N–H and O–H groups in total. The fourth-order valence-electron chi connectivity index (χ4n) is 0.847. The summed E-state index contributed by atoms with van der Waals surface area (Å²) in [4.78, 5) is 11.0. The van der Waals surface area contributed by atoms with Crippen molar-refractivity contribution in [1.29, 1.82) is 0 Å². The number of rotatable bonds is 3. The van der Waals surface area contributed by atoms with E-state index in [0.717, 1.165) is 0 Å². The lowest BCUT2D eigenvalue weighted by Crippen LogP contribution is -2.35. The molecule has 0 radical (unpaired) electrons. The summed E-state index contributed by atoms with van der Waals surface area (Å²) < 4.78 is 4.94. The first kappa shape index (κ1) is 8.07. The second-order valence-corrected chi connectivity index (χ2v) is 2.25. The topological polar surface area (TPSA) is 58.6 Å². The SMILES string of the molecule is O=C(NCCO)C1CC=CO1. The van der Waals surface area contributed by atoms with Gasteiger partial charge in [-0.1, -0.05) is 0 Å². The molecule has 4 nitrogen and oxygen atoms in total. The second kappa shape index (κ2) is 3.98. The summed E-state index contributed by atoms with van der Waals surface area (Å²) in [5.74, 6) is -0.163. The van der Waals surface area contributed by atoms with Crippen molar-refractivity contribution in [2.45, 2.75) is 12.5 Å². The third-order valence-corrected chi connectivity index (χ3v) is 1.39. The van der Waals surface area contributed by atoms with Crippen LogP contribution in [-0.4, -0.2) is 30.3 Å². The number of hydrogen-bond acceptors (Lipinski definition) is 3. The first-order chi connectivity index (χ1) is 5.34. The molecule has 1 unspecified atom stereocenters. The van der Waals surface area contributed by atoms with Crippen LogP contribution in [0.25, 0.3) is 0 Å². The molecule has 0 aromatic carbocycles. The molecule has 1 heterocycles. The molecule has 1 aliphatic heterocycles. The molecular weight excluding hydrogens is 146 g/mol. The van der Waals surface area contributed by atoms with Crippen LogP contribution < -0.4 is 5.32 Å². The van der Waals surface area contributed by atoms with Crippen molar-refractivity contribution < 1.29 is 14.6 Å². The largest absolute Gasteiger partial charge is 0.488 e. The van der Waals surface area contributed by atoms with Crippen LogP contribution in [-0.2, 0) is 9.53 Å². The molecule has 0 aromatic heterocycles. The first-order valence-corrected chi connectivity index (χ1v) is 3.53. The Hall–Kier alpha value is -1.03. The Labute approximate surface area is 64.9 Å². The van der Waals surface area contributed by atoms with E-state index in [0.29, 0.717) is 13.0 Å². The van der Waals surface area contributed by atoms with Crippen molar-refractivity contribution in [1.82, 2.24) is 5.32 Å². The Morgan fingerprint density at radius 1 is 1.82 bits per heavy atom. The predicted molar refractivity (Wildman–Crippen MR) is 38.7 cm³/mol. The summed E-state index contributed by atoms with van der Waals surface area (Å²) in [5.41, 5.74) is 0. The van der Waals surface area contributed by atoms with Crippen LogP contribution in [0.15, 0.2) is 12.3 Å². The highest BCUT2D eigenvalue weighted by Crippen LogP contribution is 2.07. The summed E-state index contributed by atoms with van der Waals surface area (Å²) in [6.45, 7) is 0.255. The average molecular weight is 157 g/mol. The van der Waals surface area contributed by atoms with Gasteiger partial charge in [0.1, 0.15) is 0 Å². The van der Waals surface area contributed by atoms with Gasteiger partial charge in [-0.2, -0.15) is 0 Å². The molecule has 1 amide bonds. The lowest BCUT2D eigenvalue weighted by Gasteiger charge is -2.09. The van der Waals surface area contributed by atoms with E-state index in [9.17, 15) is 4.79 Å². The fraction of sp³-hybridized carbons (Fsp3) is 0.571. The highest BCUT2D eigenvalue weighted by atomic mass is 16.5. The maximum atomic E-state index is 11.0. The summed E-state index contributed by atoms with van der Waals surface area (Å²) >= 11 is 0. The van der Waals surface area contributed by atoms with Crippen LogP contribution in [0.2, 0.25) is 0 Å². The molecule has 4 heteroatoms. The summed E-state index contributed by atoms with van der Waals surface area (Å²) in [7, 11) is 0. The van der Waals surface area contributed by atoms with Gasteiger partial charge in [0.05, 0.1) is 12.9 Å². The Balaban J connectivity index is 2.19. The monoisotopic (exact) mass is 157 g/mol. The van der Waals surface area contributed by atoms with Gasteiger partial charge in [0, 0.05) is 13.0 Å². The van der Waals surface area contributed by atoms with Crippen LogP contribution in [0.5, 0.6) is 0 Å². The van der Waals surface area contributed by atoms with Gasteiger partial charge in [-0.3, -0.25) is 4.79 Å². The number of nitrogens with one attached hydrogen (secondary N) is 1. The van der Waals surface area contributed by atoms with Crippen molar-refractivity contribution in [2.75, 3.05) is 13.2 Å². The predicted octanol–water partition coefficient (Wildman–Crippen LogP) is -0.603. The molecule has 1 atom stereocenters. The average Bonchev–Trinajstić information content (AvgIpc) is 2.52. The molecule has 0 saturated heterocycles. The van der Waals surface area contributed by atoms with E-state index in [-0.39, 0.29) is 18.6 Å². The van der Waals surface area contributed by atoms with Crippen molar-refractivity contribution in [3.05, 3.63) is 12.3 Å². The molecule has 1 rings (SSSR count). The zero-order chi connectivity index (χ0) is 8.10. The minimum Gasteiger partial charge on any atom is -0.488 e. The van der Waals surface area contributed by atoms with Gasteiger partial charge in [-0.05, 0) is 6.08 Å². The second-order valence-electron chi connectivity index (χ2n) is 2.25. The standard InChI is InChI=1S/C7H11NO3/c9-4-3-8-7(10)6-2-1-5-11-6/h1,5-6,9H,2-4H2,(H,8,10). The number of amides is 1. The van der Waals surface area contributed by atoms with E-state index in [1.54, 1.807) is 6.08 Å². The number of carbonyl (C=O) groups is 1. The minimum atomic E-state index is -0.387. The molecule has 11 heavy (non-hydrogen) atoms. The summed E-state index contributed by atoms with van der Waals surface area (Å²) in [6, 6.07) is 0. The number of hydrogen-bond donors (Lipinski definition) is 2. The molecule has 0 saturated carbocycles. The molecule has 0 bridgehead atoms. The van der Waals surface area contributed by atoms with Crippen molar-refractivity contribution in [3.8, 4) is 0 Å². The maximum absolute atomic E-state index is 11.0. The van der Waals surface area contributed by atoms with E-state index >= 15 is 0 Å². The molecule has 0 spiro atoms. The van der Waals surface area contributed by atoms with Gasteiger partial charge in [-0.15, -0.1) is 0 Å². The van der Waals surface area contributed by atoms with Gasteiger partial charge in [0.15, 0.2) is 6.10 Å². The van der Waals surface area contributed by atoms with Crippen molar-refractivity contribution in [2.24, 2.45) is 0 Å². The quantitative estimate of drug-likeness (QED) is 0.575. The van der Waals surface area contributed by atoms with Gasteiger partial charge < -0.3 is 15.2 Å². The Kier molecular flexibility index (Phi) is 2.92. The third kappa shape index (κ3) is 2.23. The van der Waals surface area contributed by atoms with E-state index in [1.165, 1.54) is 6.26 Å². The van der Waals surface area contributed by atoms with Gasteiger partial charge >= 0.3 is 0 Å². The lowest BCUT2D eigenvalue weighted by atomic mass is 10.2. The van der Waals surface area contributed by atoms with E-state index in [1.807, 2.05) is 0 Å². The molecule has 1 aliphatic rings. The van der Waals surface area contributed by atoms with Crippen LogP contribution in [0.1, 0.15) is 6.42 Å². The summed E-state index contributed by atoms with van der Waals surface area (Å²) in [6.07, 6.45) is 3.55. The first-order valence-electron chi connectivity index (χ1n) is 3.53. The number of aliphatic hydroxyl groups excluding tert-OH is 1. The Bertz CT molecular complexity index is 159. The van der Waals surface area contributed by atoms with Crippen molar-refractivity contribution >= 4 is 5.91 Å². The Morgan fingerprint density at radius 2 is 2.64 bits per heavy atom. The van der Waals surface area contributed by atoms with E-state index in [4.69, 9.17) is 9.84 Å². The number of aliphatic hydroxyl groups is 1. The molecule has 0 aliphatic carbocycles. The van der Waals surface area contributed by atoms with Gasteiger partial charge in [0.25, 0.3) is 5.91 Å². The number of carbonyl (C=O) groups excluding carboxylic acids is 1. The van der Waals surface area contributed by atoms with Gasteiger partial charge in [-0.25, -0.2) is 0 Å². The molecular formula is C7H11NO3. The van der Waals surface area contributed by atoms with Gasteiger partial charge in [0.2, 0.25) is 0 Å². The van der Waals surface area contributed by atoms with E-state index in [2.05, 4.69) is 5.32 Å². The van der Waals surface area contributed by atoms with Crippen LogP contribution in [0.4, 0.5) is 0 Å². The highest BCUT2D eigenvalue weighted by molar-refractivity contribution is 5.81. The Morgan fingerprint density at radius 3 is 3.18 bits per heavy atom. The van der Waals surface area contributed by atoms with Crippen LogP contribution in [0, 0.1) is 0 Å². The zero-order valence-corrected chi connectivity index (χ0v) is 6.12. The zero-order valence-electron chi connectivity index (χ0n) is 6.12. The normalized spacial score (nSPS) is 21.4. The van der Waals surface area contributed by atoms with Crippen LogP contribution >= 0.6 is 0 Å². The summed E-state index contributed by atoms with van der Waals surface area (Å²) in [5, 5.41) is 10.9. The minimum absolute atomic E-state index is 0.0358. The molecule has 0 fully saturated rings. The third-order valence-electron chi connectivity index (χ3n) is 1.39. The lowest BCUT2D eigenvalue weighted by molar-refractivity contribution is -0.128. The molecule has 0 aromatic rings. The van der Waals surface area contributed by atoms with Crippen molar-refractivity contribution in [3.63, 3.8) is 0 Å². The smallest absolute Gasteiger partial charge is 0.261 e. The number of ether oxygens (including phenoxy) is 1. The highest BCUT2D eigenvalue weighted by Gasteiger charge is 2.19.